The molecule has 7 nitrogen and oxygen atoms in total. The van der Waals surface area contributed by atoms with E-state index in [0.29, 0.717) is 16.3 Å². The average molecular weight is 646 g/mol. The molecule has 0 fully saturated rings. The number of sulfonamides is 1. The molecule has 2 amide bonds. The number of halogens is 1. The first kappa shape index (κ1) is 33.7. The first-order chi connectivity index (χ1) is 21.4. The number of nitrogens with one attached hydrogen (secondary N) is 1. The predicted molar refractivity (Wildman–Crippen MR) is 181 cm³/mol. The van der Waals surface area contributed by atoms with E-state index in [2.05, 4.69) is 5.32 Å². The van der Waals surface area contributed by atoms with Crippen molar-refractivity contribution >= 4 is 39.1 Å². The minimum atomic E-state index is -4.20. The van der Waals surface area contributed by atoms with Gasteiger partial charge >= 0.3 is 0 Å². The molecule has 1 unspecified atom stereocenters. The van der Waals surface area contributed by atoms with Gasteiger partial charge in [0.1, 0.15) is 12.6 Å². The van der Waals surface area contributed by atoms with Gasteiger partial charge in [-0.2, -0.15) is 0 Å². The van der Waals surface area contributed by atoms with E-state index in [4.69, 9.17) is 11.6 Å². The third-order valence-corrected chi connectivity index (χ3v) is 9.63. The third-order valence-electron chi connectivity index (χ3n) is 7.62. The van der Waals surface area contributed by atoms with E-state index in [1.54, 1.807) is 37.3 Å². The summed E-state index contributed by atoms with van der Waals surface area (Å²) in [5.41, 5.74) is 4.52. The van der Waals surface area contributed by atoms with Crippen molar-refractivity contribution in [3.8, 4) is 0 Å². The number of aryl methyl sites for hydroxylation is 3. The van der Waals surface area contributed by atoms with E-state index in [-0.39, 0.29) is 29.8 Å². The number of rotatable bonds is 12. The summed E-state index contributed by atoms with van der Waals surface area (Å²) in [6.07, 6.45) is 0.252. The van der Waals surface area contributed by atoms with Crippen molar-refractivity contribution in [3.63, 3.8) is 0 Å². The molecule has 9 heteroatoms. The van der Waals surface area contributed by atoms with Crippen molar-refractivity contribution in [3.05, 3.63) is 130 Å². The van der Waals surface area contributed by atoms with Crippen LogP contribution in [0, 0.1) is 20.8 Å². The topological polar surface area (TPSA) is 86.8 Å². The fourth-order valence-corrected chi connectivity index (χ4v) is 6.86. The highest BCUT2D eigenvalue weighted by atomic mass is 35.5. The molecule has 0 aliphatic carbocycles. The molecule has 45 heavy (non-hydrogen) atoms. The van der Waals surface area contributed by atoms with E-state index in [1.807, 2.05) is 82.3 Å². The van der Waals surface area contributed by atoms with Crippen molar-refractivity contribution in [2.45, 2.75) is 64.6 Å². The zero-order valence-electron chi connectivity index (χ0n) is 26.3. The molecule has 0 heterocycles. The SMILES string of the molecule is Cc1ccc(S(=O)(=O)N(CC(=O)N(Cc2ccccc2C)C(Cc2ccccc2)C(=O)NC(C)C)c2ccc(Cl)cc2C)cc1. The Morgan fingerprint density at radius 1 is 0.822 bits per heavy atom. The molecule has 236 valence electrons. The molecule has 0 aliphatic rings. The molecule has 0 saturated heterocycles. The second-order valence-electron chi connectivity index (χ2n) is 11.6. The summed E-state index contributed by atoms with van der Waals surface area (Å²) in [6, 6.07) is 27.5. The number of amides is 2. The van der Waals surface area contributed by atoms with Crippen LogP contribution in [0.2, 0.25) is 5.02 Å². The smallest absolute Gasteiger partial charge is 0.264 e. The van der Waals surface area contributed by atoms with Crippen LogP contribution in [0.4, 0.5) is 5.69 Å². The summed E-state index contributed by atoms with van der Waals surface area (Å²) in [5.74, 6) is -0.825. The highest BCUT2D eigenvalue weighted by Crippen LogP contribution is 2.30. The number of carbonyl (C=O) groups is 2. The quantitative estimate of drug-likeness (QED) is 0.188. The molecule has 0 radical (unpaired) electrons. The summed E-state index contributed by atoms with van der Waals surface area (Å²) in [7, 11) is -4.20. The van der Waals surface area contributed by atoms with Crippen LogP contribution in [-0.4, -0.2) is 43.8 Å². The lowest BCUT2D eigenvalue weighted by atomic mass is 10.0. The van der Waals surface area contributed by atoms with Crippen LogP contribution in [0.15, 0.2) is 102 Å². The van der Waals surface area contributed by atoms with Gasteiger partial charge in [0, 0.05) is 24.0 Å². The van der Waals surface area contributed by atoms with Crippen molar-refractivity contribution in [1.82, 2.24) is 10.2 Å². The number of hydrogen-bond donors (Lipinski definition) is 1. The van der Waals surface area contributed by atoms with Crippen LogP contribution < -0.4 is 9.62 Å². The Balaban J connectivity index is 1.84. The third kappa shape index (κ3) is 8.53. The second kappa shape index (κ2) is 14.8. The first-order valence-corrected chi connectivity index (χ1v) is 16.7. The van der Waals surface area contributed by atoms with E-state index in [9.17, 15) is 18.0 Å². The van der Waals surface area contributed by atoms with Crippen molar-refractivity contribution in [2.24, 2.45) is 0 Å². The Bertz CT molecular complexity index is 1740. The van der Waals surface area contributed by atoms with Gasteiger partial charge in [-0.25, -0.2) is 8.42 Å². The molecule has 0 spiro atoms. The van der Waals surface area contributed by atoms with Crippen LogP contribution in [0.3, 0.4) is 0 Å². The maximum atomic E-state index is 14.6. The fourth-order valence-electron chi connectivity index (χ4n) is 5.16. The van der Waals surface area contributed by atoms with Gasteiger partial charge < -0.3 is 10.2 Å². The van der Waals surface area contributed by atoms with E-state index >= 15 is 0 Å². The monoisotopic (exact) mass is 645 g/mol. The molecule has 4 rings (SSSR count). The number of nitrogens with zero attached hydrogens (tertiary/aromatic N) is 2. The number of carbonyl (C=O) groups excluding carboxylic acids is 2. The summed E-state index contributed by atoms with van der Waals surface area (Å²) in [5, 5.41) is 3.43. The lowest BCUT2D eigenvalue weighted by Gasteiger charge is -2.34. The van der Waals surface area contributed by atoms with Gasteiger partial charge in [-0.1, -0.05) is 83.9 Å². The average Bonchev–Trinajstić information content (AvgIpc) is 2.99. The summed E-state index contributed by atoms with van der Waals surface area (Å²) in [4.78, 5) is 30.0. The van der Waals surface area contributed by atoms with Crippen LogP contribution >= 0.6 is 11.6 Å². The van der Waals surface area contributed by atoms with Gasteiger partial charge in [-0.15, -0.1) is 0 Å². The van der Waals surface area contributed by atoms with E-state index in [1.165, 1.54) is 17.0 Å². The number of anilines is 1. The zero-order valence-corrected chi connectivity index (χ0v) is 27.9. The van der Waals surface area contributed by atoms with Crippen molar-refractivity contribution in [1.29, 1.82) is 0 Å². The molecule has 1 N–H and O–H groups in total. The molecule has 4 aromatic rings. The molecule has 0 aliphatic heterocycles. The molecule has 0 aromatic heterocycles. The first-order valence-electron chi connectivity index (χ1n) is 14.9. The number of hydrogen-bond acceptors (Lipinski definition) is 4. The van der Waals surface area contributed by atoms with E-state index < -0.39 is 28.5 Å². The summed E-state index contributed by atoms with van der Waals surface area (Å²) in [6.45, 7) is 8.90. The molecule has 4 aromatic carbocycles. The van der Waals surface area contributed by atoms with Gasteiger partial charge in [-0.3, -0.25) is 13.9 Å². The van der Waals surface area contributed by atoms with E-state index in [0.717, 1.165) is 26.6 Å². The van der Waals surface area contributed by atoms with Crippen LogP contribution in [0.25, 0.3) is 0 Å². The minimum Gasteiger partial charge on any atom is -0.352 e. The molecule has 0 saturated carbocycles. The Hall–Kier alpha value is -4.14. The van der Waals surface area contributed by atoms with Crippen molar-refractivity contribution < 1.29 is 18.0 Å². The maximum Gasteiger partial charge on any atom is 0.264 e. The lowest BCUT2D eigenvalue weighted by Crippen LogP contribution is -2.54. The van der Waals surface area contributed by atoms with Crippen LogP contribution in [-0.2, 0) is 32.6 Å². The van der Waals surface area contributed by atoms with Gasteiger partial charge in [0.2, 0.25) is 11.8 Å². The summed E-state index contributed by atoms with van der Waals surface area (Å²) < 4.78 is 29.6. The predicted octanol–water partition coefficient (Wildman–Crippen LogP) is 6.63. The highest BCUT2D eigenvalue weighted by Gasteiger charge is 2.35. The standard InChI is InChI=1S/C36H40ClN3O4S/c1-25(2)38-36(42)34(22-29-12-7-6-8-13-29)39(23-30-14-10-9-11-27(30)4)35(41)24-40(33-20-17-31(37)21-28(33)5)45(43,44)32-18-15-26(3)16-19-32/h6-21,25,34H,22-24H2,1-5H3,(H,38,42). The normalized spacial score (nSPS) is 12.1. The second-order valence-corrected chi connectivity index (χ2v) is 13.9. The molecule has 0 bridgehead atoms. The Morgan fingerprint density at radius 2 is 1.47 bits per heavy atom. The van der Waals surface area contributed by atoms with Gasteiger partial charge in [0.25, 0.3) is 10.0 Å². The van der Waals surface area contributed by atoms with Crippen molar-refractivity contribution in [2.75, 3.05) is 10.8 Å². The number of benzene rings is 4. The Morgan fingerprint density at radius 3 is 2.09 bits per heavy atom. The Kier molecular flexibility index (Phi) is 11.1. The zero-order chi connectivity index (χ0) is 32.7. The Labute approximate surface area is 271 Å². The largest absolute Gasteiger partial charge is 0.352 e. The molecular formula is C36H40ClN3O4S. The van der Waals surface area contributed by atoms with Gasteiger partial charge in [0.05, 0.1) is 10.6 Å². The lowest BCUT2D eigenvalue weighted by molar-refractivity contribution is -0.140. The minimum absolute atomic E-state index is 0.0547. The molecule has 1 atom stereocenters. The molecular weight excluding hydrogens is 606 g/mol. The van der Waals surface area contributed by atoms with Crippen LogP contribution in [0.1, 0.15) is 41.7 Å². The van der Waals surface area contributed by atoms with Gasteiger partial charge in [0.15, 0.2) is 0 Å². The maximum absolute atomic E-state index is 14.6. The highest BCUT2D eigenvalue weighted by molar-refractivity contribution is 7.92. The fraction of sp³-hybridized carbons (Fsp3) is 0.278. The summed E-state index contributed by atoms with van der Waals surface area (Å²) >= 11 is 6.24. The van der Waals surface area contributed by atoms with Gasteiger partial charge in [-0.05, 0) is 87.2 Å². The van der Waals surface area contributed by atoms with Crippen LogP contribution in [0.5, 0.6) is 0 Å².